The lowest BCUT2D eigenvalue weighted by molar-refractivity contribution is 0.102. The van der Waals surface area contributed by atoms with Crippen LogP contribution in [0.4, 0.5) is 5.82 Å². The lowest BCUT2D eigenvalue weighted by Crippen LogP contribution is -2.15. The maximum Gasteiger partial charge on any atom is 0.256 e. The van der Waals surface area contributed by atoms with E-state index in [0.29, 0.717) is 11.4 Å². The van der Waals surface area contributed by atoms with E-state index in [1.807, 2.05) is 95.6 Å². The van der Waals surface area contributed by atoms with Gasteiger partial charge in [-0.1, -0.05) is 96.6 Å². The lowest BCUT2D eigenvalue weighted by atomic mass is 10.1. The molecule has 5 rings (SSSR count). The second-order valence-electron chi connectivity index (χ2n) is 7.86. The first-order valence-corrected chi connectivity index (χ1v) is 10.9. The van der Waals surface area contributed by atoms with Crippen LogP contribution in [0.5, 0.6) is 0 Å². The molecule has 0 saturated heterocycles. The fourth-order valence-electron chi connectivity index (χ4n) is 3.83. The minimum Gasteiger partial charge on any atom is -0.306 e. The number of rotatable bonds is 5. The van der Waals surface area contributed by atoms with Crippen molar-refractivity contribution in [2.24, 2.45) is 0 Å². The van der Waals surface area contributed by atoms with Crippen molar-refractivity contribution in [3.63, 3.8) is 0 Å². The Labute approximate surface area is 193 Å². The molecule has 0 aliphatic rings. The molecule has 0 radical (unpaired) electrons. The maximum atomic E-state index is 13.2. The van der Waals surface area contributed by atoms with Crippen molar-refractivity contribution in [2.45, 2.75) is 6.92 Å². The highest BCUT2D eigenvalue weighted by Gasteiger charge is 2.23. The van der Waals surface area contributed by atoms with Gasteiger partial charge in [0.2, 0.25) is 0 Å². The third-order valence-electron chi connectivity index (χ3n) is 5.52. The molecule has 33 heavy (non-hydrogen) atoms. The van der Waals surface area contributed by atoms with Crippen molar-refractivity contribution >= 4 is 11.7 Å². The molecular weight excluding hydrogens is 406 g/mol. The molecule has 0 spiro atoms. The van der Waals surface area contributed by atoms with Gasteiger partial charge in [0.1, 0.15) is 17.3 Å². The van der Waals surface area contributed by atoms with E-state index in [1.54, 1.807) is 0 Å². The third-order valence-corrected chi connectivity index (χ3v) is 5.52. The minimum atomic E-state index is -0.180. The predicted octanol–water partition coefficient (Wildman–Crippen LogP) is 6.77. The van der Waals surface area contributed by atoms with Crippen molar-refractivity contribution in [3.8, 4) is 28.3 Å². The topological polar surface area (TPSA) is 46.9 Å². The standard InChI is InChI=1S/C29H23N3O/c1-21-17-19-25(20-18-21)32-27(23-13-7-3-8-14-23)30-26(22-11-5-2-6-12-22)28(32)31-29(33)24-15-9-4-10-16-24/h2-20H,1H3,(H,31,33). The van der Waals surface area contributed by atoms with E-state index in [4.69, 9.17) is 4.98 Å². The van der Waals surface area contributed by atoms with E-state index >= 15 is 0 Å². The highest BCUT2D eigenvalue weighted by atomic mass is 16.1. The van der Waals surface area contributed by atoms with Crippen LogP contribution in [-0.4, -0.2) is 15.5 Å². The summed E-state index contributed by atoms with van der Waals surface area (Å²) in [4.78, 5) is 18.3. The van der Waals surface area contributed by atoms with E-state index in [-0.39, 0.29) is 5.91 Å². The summed E-state index contributed by atoms with van der Waals surface area (Å²) in [6.45, 7) is 2.06. The predicted molar refractivity (Wildman–Crippen MR) is 134 cm³/mol. The summed E-state index contributed by atoms with van der Waals surface area (Å²) in [5, 5.41) is 3.16. The monoisotopic (exact) mass is 429 g/mol. The molecule has 5 aromatic rings. The van der Waals surface area contributed by atoms with Crippen molar-refractivity contribution in [1.82, 2.24) is 9.55 Å². The normalized spacial score (nSPS) is 10.7. The van der Waals surface area contributed by atoms with Gasteiger partial charge in [-0.05, 0) is 31.2 Å². The van der Waals surface area contributed by atoms with Crippen molar-refractivity contribution in [3.05, 3.63) is 126 Å². The van der Waals surface area contributed by atoms with Gasteiger partial charge in [0, 0.05) is 22.4 Å². The minimum absolute atomic E-state index is 0.180. The van der Waals surface area contributed by atoms with Crippen LogP contribution >= 0.6 is 0 Å². The highest BCUT2D eigenvalue weighted by Crippen LogP contribution is 2.36. The van der Waals surface area contributed by atoms with Crippen LogP contribution in [-0.2, 0) is 0 Å². The van der Waals surface area contributed by atoms with Gasteiger partial charge in [0.25, 0.3) is 5.91 Å². The number of benzene rings is 4. The molecule has 4 nitrogen and oxygen atoms in total. The van der Waals surface area contributed by atoms with Crippen LogP contribution in [0, 0.1) is 6.92 Å². The number of aromatic nitrogens is 2. The molecule has 1 N–H and O–H groups in total. The molecule has 160 valence electrons. The molecule has 4 aromatic carbocycles. The van der Waals surface area contributed by atoms with Gasteiger partial charge in [-0.15, -0.1) is 0 Å². The number of carbonyl (C=O) groups is 1. The number of carbonyl (C=O) groups excluding carboxylic acids is 1. The fourth-order valence-corrected chi connectivity index (χ4v) is 3.83. The number of hydrogen-bond donors (Lipinski definition) is 1. The molecule has 0 unspecified atom stereocenters. The number of amides is 1. The van der Waals surface area contributed by atoms with E-state index < -0.39 is 0 Å². The largest absolute Gasteiger partial charge is 0.306 e. The number of hydrogen-bond acceptors (Lipinski definition) is 2. The Hall–Kier alpha value is -4.44. The van der Waals surface area contributed by atoms with E-state index in [0.717, 1.165) is 28.3 Å². The average molecular weight is 430 g/mol. The molecule has 4 heteroatoms. The zero-order valence-electron chi connectivity index (χ0n) is 18.3. The number of nitrogens with one attached hydrogen (secondary N) is 1. The van der Waals surface area contributed by atoms with E-state index in [9.17, 15) is 4.79 Å². The van der Waals surface area contributed by atoms with Gasteiger partial charge < -0.3 is 5.32 Å². The Bertz CT molecular complexity index is 1370. The zero-order valence-corrected chi connectivity index (χ0v) is 18.3. The van der Waals surface area contributed by atoms with Gasteiger partial charge in [-0.25, -0.2) is 4.98 Å². The first-order chi connectivity index (χ1) is 16.2. The van der Waals surface area contributed by atoms with Crippen LogP contribution in [0.2, 0.25) is 0 Å². The van der Waals surface area contributed by atoms with Gasteiger partial charge >= 0.3 is 0 Å². The van der Waals surface area contributed by atoms with Gasteiger partial charge in [0.05, 0.1) is 0 Å². The third kappa shape index (κ3) is 4.19. The Morgan fingerprint density at radius 2 is 1.24 bits per heavy atom. The van der Waals surface area contributed by atoms with Crippen LogP contribution < -0.4 is 5.32 Å². The average Bonchev–Trinajstić information content (AvgIpc) is 3.25. The zero-order chi connectivity index (χ0) is 22.6. The van der Waals surface area contributed by atoms with Crippen LogP contribution in [0.1, 0.15) is 15.9 Å². The quantitative estimate of drug-likeness (QED) is 0.335. The summed E-state index contributed by atoms with van der Waals surface area (Å²) in [7, 11) is 0. The summed E-state index contributed by atoms with van der Waals surface area (Å²) in [5.41, 5.74) is 5.31. The van der Waals surface area contributed by atoms with Crippen LogP contribution in [0.15, 0.2) is 115 Å². The number of aryl methyl sites for hydroxylation is 1. The first-order valence-electron chi connectivity index (χ1n) is 10.9. The van der Waals surface area contributed by atoms with Crippen molar-refractivity contribution in [1.29, 1.82) is 0 Å². The molecule has 0 fully saturated rings. The van der Waals surface area contributed by atoms with Gasteiger partial charge in [-0.2, -0.15) is 0 Å². The molecule has 0 atom stereocenters. The Balaban J connectivity index is 1.76. The maximum absolute atomic E-state index is 13.2. The Morgan fingerprint density at radius 1 is 0.697 bits per heavy atom. The number of nitrogens with zero attached hydrogens (tertiary/aromatic N) is 2. The van der Waals surface area contributed by atoms with Gasteiger partial charge in [-0.3, -0.25) is 9.36 Å². The summed E-state index contributed by atoms with van der Waals surface area (Å²) in [5.74, 6) is 1.22. The molecular formula is C29H23N3O. The number of anilines is 1. The SMILES string of the molecule is Cc1ccc(-n2c(-c3ccccc3)nc(-c3ccccc3)c2NC(=O)c2ccccc2)cc1. The Kier molecular flexibility index (Phi) is 5.56. The van der Waals surface area contributed by atoms with E-state index in [2.05, 4.69) is 36.5 Å². The summed E-state index contributed by atoms with van der Waals surface area (Å²) < 4.78 is 2.03. The molecule has 0 aliphatic heterocycles. The molecule has 1 heterocycles. The molecule has 1 amide bonds. The van der Waals surface area contributed by atoms with Crippen molar-refractivity contribution < 1.29 is 4.79 Å². The Morgan fingerprint density at radius 3 is 1.85 bits per heavy atom. The molecule has 1 aromatic heterocycles. The van der Waals surface area contributed by atoms with Gasteiger partial charge in [0.15, 0.2) is 0 Å². The smallest absolute Gasteiger partial charge is 0.256 e. The van der Waals surface area contributed by atoms with Crippen molar-refractivity contribution in [2.75, 3.05) is 5.32 Å². The highest BCUT2D eigenvalue weighted by molar-refractivity contribution is 6.06. The fraction of sp³-hybridized carbons (Fsp3) is 0.0345. The second kappa shape index (κ2) is 8.97. The second-order valence-corrected chi connectivity index (χ2v) is 7.86. The summed E-state index contributed by atoms with van der Waals surface area (Å²) in [6, 6.07) is 37.5. The molecule has 0 bridgehead atoms. The lowest BCUT2D eigenvalue weighted by Gasteiger charge is -2.14. The number of imidazole rings is 1. The van der Waals surface area contributed by atoms with Crippen LogP contribution in [0.3, 0.4) is 0 Å². The van der Waals surface area contributed by atoms with E-state index in [1.165, 1.54) is 5.56 Å². The summed E-state index contributed by atoms with van der Waals surface area (Å²) >= 11 is 0. The molecule has 0 aliphatic carbocycles. The molecule has 0 saturated carbocycles. The summed E-state index contributed by atoms with van der Waals surface area (Å²) in [6.07, 6.45) is 0. The first kappa shape index (κ1) is 20.5. The van der Waals surface area contributed by atoms with Crippen LogP contribution in [0.25, 0.3) is 28.3 Å².